The molecule has 6 nitrogen and oxygen atoms in total. The maximum absolute atomic E-state index is 12.5. The Morgan fingerprint density at radius 2 is 1.64 bits per heavy atom. The van der Waals surface area contributed by atoms with Crippen molar-refractivity contribution in [1.29, 1.82) is 5.41 Å². The number of ketones is 2. The Balaban J connectivity index is 2.16. The third-order valence-corrected chi connectivity index (χ3v) is 4.53. The normalized spacial score (nSPS) is 11.4. The smallest absolute Gasteiger partial charge is 0.340 e. The van der Waals surface area contributed by atoms with Crippen molar-refractivity contribution in [1.82, 2.24) is 0 Å². The second-order valence-electron chi connectivity index (χ2n) is 6.69. The summed E-state index contributed by atoms with van der Waals surface area (Å²) in [5, 5.41) is 10.8. The fraction of sp³-hybridized carbons (Fsp3) is 0.273. The molecule has 2 aromatic rings. The predicted octanol–water partition coefficient (Wildman–Crippen LogP) is 4.02. The van der Waals surface area contributed by atoms with Gasteiger partial charge in [0, 0.05) is 11.4 Å². The van der Waals surface area contributed by atoms with Crippen molar-refractivity contribution in [2.24, 2.45) is 5.92 Å². The van der Waals surface area contributed by atoms with Crippen LogP contribution in [0.15, 0.2) is 42.5 Å². The number of esters is 1. The van der Waals surface area contributed by atoms with Crippen LogP contribution in [0.1, 0.15) is 35.3 Å². The third kappa shape index (κ3) is 4.91. The standard InChI is InChI=1S/C22H24N2O4/c1-13-8-7-11-18(14(13)2)24-19-10-6-5-9-17(19)22(27)28-12-20(26)21(15(3)23)16(4)25/h5-11,21,23-24H,12H2,1-4H3/t21-/m1/s1. The molecule has 0 aromatic heterocycles. The lowest BCUT2D eigenvalue weighted by molar-refractivity contribution is -0.130. The molecular weight excluding hydrogens is 356 g/mol. The van der Waals surface area contributed by atoms with Crippen molar-refractivity contribution in [2.45, 2.75) is 27.7 Å². The molecule has 0 aliphatic carbocycles. The number of Topliss-reactive ketones (excluding diaryl/α,β-unsaturated/α-hetero) is 2. The molecule has 2 rings (SSSR count). The lowest BCUT2D eigenvalue weighted by Gasteiger charge is -2.15. The molecule has 0 radical (unpaired) electrons. The molecule has 0 unspecified atom stereocenters. The minimum atomic E-state index is -1.17. The Labute approximate surface area is 164 Å². The SMILES string of the molecule is CC(=N)[C@H](C(C)=O)C(=O)COC(=O)c1ccccc1Nc1cccc(C)c1C. The van der Waals surface area contributed by atoms with Crippen LogP contribution in [0, 0.1) is 25.2 Å². The van der Waals surface area contributed by atoms with Crippen LogP contribution in [0.5, 0.6) is 0 Å². The summed E-state index contributed by atoms with van der Waals surface area (Å²) in [5.41, 5.74) is 3.82. The largest absolute Gasteiger partial charge is 0.454 e. The number of carbonyl (C=O) groups excluding carboxylic acids is 3. The summed E-state index contributed by atoms with van der Waals surface area (Å²) in [6, 6.07) is 12.7. The van der Waals surface area contributed by atoms with E-state index in [1.54, 1.807) is 24.3 Å². The number of anilines is 2. The van der Waals surface area contributed by atoms with Crippen molar-refractivity contribution in [2.75, 3.05) is 11.9 Å². The number of hydrogen-bond acceptors (Lipinski definition) is 6. The van der Waals surface area contributed by atoms with Gasteiger partial charge in [-0.05, 0) is 57.0 Å². The number of carbonyl (C=O) groups is 3. The first-order valence-electron chi connectivity index (χ1n) is 8.90. The topological polar surface area (TPSA) is 96.3 Å². The van der Waals surface area contributed by atoms with Gasteiger partial charge in [-0.2, -0.15) is 0 Å². The number of rotatable bonds is 8. The van der Waals surface area contributed by atoms with Crippen LogP contribution in [0.4, 0.5) is 11.4 Å². The van der Waals surface area contributed by atoms with Crippen LogP contribution in [0.2, 0.25) is 0 Å². The Morgan fingerprint density at radius 1 is 1.00 bits per heavy atom. The maximum Gasteiger partial charge on any atom is 0.340 e. The fourth-order valence-corrected chi connectivity index (χ4v) is 2.87. The molecule has 0 aliphatic heterocycles. The molecule has 1 atom stereocenters. The minimum absolute atomic E-state index is 0.0643. The molecule has 0 amide bonds. The molecule has 28 heavy (non-hydrogen) atoms. The number of benzene rings is 2. The summed E-state index contributed by atoms with van der Waals surface area (Å²) in [5.74, 6) is -2.89. The van der Waals surface area contributed by atoms with E-state index < -0.39 is 30.1 Å². The molecular formula is C22H24N2O4. The van der Waals surface area contributed by atoms with Crippen molar-refractivity contribution in [3.8, 4) is 0 Å². The average molecular weight is 380 g/mol. The summed E-state index contributed by atoms with van der Waals surface area (Å²) < 4.78 is 5.13. The van der Waals surface area contributed by atoms with E-state index in [0.29, 0.717) is 5.69 Å². The Hall–Kier alpha value is -3.28. The molecule has 2 N–H and O–H groups in total. The van der Waals surface area contributed by atoms with Gasteiger partial charge >= 0.3 is 5.97 Å². The van der Waals surface area contributed by atoms with Gasteiger partial charge in [-0.3, -0.25) is 9.59 Å². The lowest BCUT2D eigenvalue weighted by atomic mass is 9.95. The highest BCUT2D eigenvalue weighted by molar-refractivity contribution is 6.19. The van der Waals surface area contributed by atoms with Gasteiger partial charge in [0.1, 0.15) is 11.7 Å². The molecule has 0 saturated heterocycles. The van der Waals surface area contributed by atoms with E-state index >= 15 is 0 Å². The van der Waals surface area contributed by atoms with Crippen LogP contribution in [0.3, 0.4) is 0 Å². The highest BCUT2D eigenvalue weighted by Crippen LogP contribution is 2.25. The fourth-order valence-electron chi connectivity index (χ4n) is 2.87. The monoisotopic (exact) mass is 380 g/mol. The second-order valence-corrected chi connectivity index (χ2v) is 6.69. The Kier molecular flexibility index (Phi) is 6.82. The minimum Gasteiger partial charge on any atom is -0.454 e. The van der Waals surface area contributed by atoms with Gasteiger partial charge in [-0.25, -0.2) is 4.79 Å². The Morgan fingerprint density at radius 3 is 2.29 bits per heavy atom. The number of hydrogen-bond donors (Lipinski definition) is 2. The highest BCUT2D eigenvalue weighted by Gasteiger charge is 2.26. The molecule has 0 saturated carbocycles. The van der Waals surface area contributed by atoms with Crippen molar-refractivity contribution < 1.29 is 19.1 Å². The van der Waals surface area contributed by atoms with E-state index in [1.807, 2.05) is 32.0 Å². The summed E-state index contributed by atoms with van der Waals surface area (Å²) >= 11 is 0. The summed E-state index contributed by atoms with van der Waals surface area (Å²) in [4.78, 5) is 36.2. The Bertz CT molecular complexity index is 920. The molecule has 2 aromatic carbocycles. The third-order valence-electron chi connectivity index (χ3n) is 4.53. The van der Waals surface area contributed by atoms with Gasteiger partial charge in [0.25, 0.3) is 0 Å². The number of ether oxygens (including phenoxy) is 1. The van der Waals surface area contributed by atoms with E-state index in [-0.39, 0.29) is 11.3 Å². The summed E-state index contributed by atoms with van der Waals surface area (Å²) in [7, 11) is 0. The van der Waals surface area contributed by atoms with Crippen molar-refractivity contribution >= 4 is 34.6 Å². The average Bonchev–Trinajstić information content (AvgIpc) is 2.63. The molecule has 0 bridgehead atoms. The zero-order valence-electron chi connectivity index (χ0n) is 16.5. The first-order chi connectivity index (χ1) is 13.2. The van der Waals surface area contributed by atoms with E-state index in [0.717, 1.165) is 16.8 Å². The van der Waals surface area contributed by atoms with Crippen molar-refractivity contribution in [3.63, 3.8) is 0 Å². The highest BCUT2D eigenvalue weighted by atomic mass is 16.5. The van der Waals surface area contributed by atoms with Crippen LogP contribution in [-0.4, -0.2) is 29.9 Å². The summed E-state index contributed by atoms with van der Waals surface area (Å²) in [6.07, 6.45) is 0. The van der Waals surface area contributed by atoms with E-state index in [1.165, 1.54) is 13.8 Å². The van der Waals surface area contributed by atoms with Gasteiger partial charge in [0.15, 0.2) is 12.4 Å². The van der Waals surface area contributed by atoms with E-state index in [4.69, 9.17) is 10.1 Å². The van der Waals surface area contributed by atoms with Crippen LogP contribution in [-0.2, 0) is 14.3 Å². The first kappa shape index (κ1) is 21.0. The first-order valence-corrected chi connectivity index (χ1v) is 8.90. The molecule has 0 aliphatic rings. The molecule has 0 spiro atoms. The molecule has 0 fully saturated rings. The van der Waals surface area contributed by atoms with Crippen LogP contribution >= 0.6 is 0 Å². The second kappa shape index (κ2) is 9.08. The lowest BCUT2D eigenvalue weighted by Crippen LogP contribution is -2.32. The summed E-state index contributed by atoms with van der Waals surface area (Å²) in [6.45, 7) is 6.06. The molecule has 6 heteroatoms. The molecule has 146 valence electrons. The van der Waals surface area contributed by atoms with Crippen LogP contribution in [0.25, 0.3) is 0 Å². The predicted molar refractivity (Wildman–Crippen MR) is 109 cm³/mol. The number of nitrogens with one attached hydrogen (secondary N) is 2. The van der Waals surface area contributed by atoms with E-state index in [9.17, 15) is 14.4 Å². The molecule has 0 heterocycles. The van der Waals surface area contributed by atoms with Crippen LogP contribution < -0.4 is 5.32 Å². The number of aryl methyl sites for hydroxylation is 1. The maximum atomic E-state index is 12.5. The quantitative estimate of drug-likeness (QED) is 0.410. The van der Waals surface area contributed by atoms with Gasteiger partial charge < -0.3 is 15.5 Å². The van der Waals surface area contributed by atoms with Gasteiger partial charge in [-0.15, -0.1) is 0 Å². The zero-order valence-corrected chi connectivity index (χ0v) is 16.5. The van der Waals surface area contributed by atoms with Crippen molar-refractivity contribution in [3.05, 3.63) is 59.2 Å². The van der Waals surface area contributed by atoms with Gasteiger partial charge in [0.2, 0.25) is 0 Å². The zero-order chi connectivity index (χ0) is 20.8. The number of para-hydroxylation sites is 1. The van der Waals surface area contributed by atoms with Gasteiger partial charge in [0.05, 0.1) is 11.3 Å². The van der Waals surface area contributed by atoms with Gasteiger partial charge in [-0.1, -0.05) is 24.3 Å². The van der Waals surface area contributed by atoms with E-state index in [2.05, 4.69) is 5.32 Å².